The van der Waals surface area contributed by atoms with Gasteiger partial charge >= 0.3 is 12.4 Å². The van der Waals surface area contributed by atoms with Crippen molar-refractivity contribution in [1.82, 2.24) is 9.71 Å². The molecule has 0 amide bonds. The van der Waals surface area contributed by atoms with E-state index in [1.54, 1.807) is 0 Å². The molecule has 12 heteroatoms. The van der Waals surface area contributed by atoms with E-state index in [1.165, 1.54) is 12.1 Å². The van der Waals surface area contributed by atoms with E-state index in [4.69, 9.17) is 0 Å². The summed E-state index contributed by atoms with van der Waals surface area (Å²) >= 11 is 0. The van der Waals surface area contributed by atoms with Gasteiger partial charge in [-0.3, -0.25) is 0 Å². The van der Waals surface area contributed by atoms with E-state index in [-0.39, 0.29) is 5.56 Å². The first kappa shape index (κ1) is 21.0. The minimum atomic E-state index is -4.90. The highest BCUT2D eigenvalue weighted by Gasteiger charge is 2.36. The molecule has 2 rings (SSSR count). The summed E-state index contributed by atoms with van der Waals surface area (Å²) in [7, 11) is -4.61. The second kappa shape index (κ2) is 7.72. The summed E-state index contributed by atoms with van der Waals surface area (Å²) in [4.78, 5) is 2.57. The van der Waals surface area contributed by atoms with Gasteiger partial charge in [0.2, 0.25) is 15.9 Å². The molecule has 1 aromatic carbocycles. The molecule has 0 unspecified atom stereocenters. The van der Waals surface area contributed by atoms with Gasteiger partial charge in [0, 0.05) is 18.3 Å². The van der Waals surface area contributed by atoms with Crippen LogP contribution in [-0.2, 0) is 22.7 Å². The van der Waals surface area contributed by atoms with Crippen molar-refractivity contribution >= 4 is 10.0 Å². The van der Waals surface area contributed by atoms with Gasteiger partial charge in [0.15, 0.2) is 6.61 Å². The number of alkyl halides is 6. The molecule has 0 radical (unpaired) electrons. The number of halogens is 6. The molecular formula is C15H12F6N2O3S. The molecule has 0 saturated carbocycles. The number of rotatable bonds is 6. The molecule has 27 heavy (non-hydrogen) atoms. The Labute approximate surface area is 150 Å². The molecule has 2 aromatic rings. The van der Waals surface area contributed by atoms with Crippen LogP contribution < -0.4 is 9.46 Å². The van der Waals surface area contributed by atoms with E-state index in [1.807, 2.05) is 4.72 Å². The second-order valence-electron chi connectivity index (χ2n) is 5.19. The minimum absolute atomic E-state index is 0.0742. The lowest BCUT2D eigenvalue weighted by atomic mass is 10.2. The van der Waals surface area contributed by atoms with Gasteiger partial charge in [-0.15, -0.1) is 0 Å². The number of benzene rings is 1. The van der Waals surface area contributed by atoms with Gasteiger partial charge in [0.25, 0.3) is 0 Å². The summed E-state index contributed by atoms with van der Waals surface area (Å²) in [5.41, 5.74) is -1.44. The van der Waals surface area contributed by atoms with Crippen molar-refractivity contribution in [2.75, 3.05) is 6.61 Å². The summed E-state index contributed by atoms with van der Waals surface area (Å²) in [5, 5.41) is 0. The fourth-order valence-corrected chi connectivity index (χ4v) is 3.26. The smallest absolute Gasteiger partial charge is 0.422 e. The summed E-state index contributed by atoms with van der Waals surface area (Å²) in [6, 6.07) is 6.08. The van der Waals surface area contributed by atoms with Gasteiger partial charge in [0.05, 0.1) is 10.5 Å². The lowest BCUT2D eigenvalue weighted by molar-refractivity contribution is -0.154. The third-order valence-corrected chi connectivity index (χ3v) is 4.62. The van der Waals surface area contributed by atoms with Gasteiger partial charge in [-0.2, -0.15) is 26.3 Å². The molecule has 0 fully saturated rings. The second-order valence-corrected chi connectivity index (χ2v) is 6.93. The Hall–Kier alpha value is -2.34. The van der Waals surface area contributed by atoms with Crippen LogP contribution in [-0.4, -0.2) is 26.2 Å². The lowest BCUT2D eigenvalue weighted by Gasteiger charge is -2.15. The predicted octanol–water partition coefficient (Wildman–Crippen LogP) is 3.52. The zero-order valence-corrected chi connectivity index (χ0v) is 14.1. The highest BCUT2D eigenvalue weighted by molar-refractivity contribution is 7.89. The van der Waals surface area contributed by atoms with Gasteiger partial charge in [-0.1, -0.05) is 18.2 Å². The molecule has 0 bridgehead atoms. The van der Waals surface area contributed by atoms with Crippen molar-refractivity contribution < 1.29 is 39.5 Å². The molecule has 0 aliphatic carbocycles. The van der Waals surface area contributed by atoms with Crippen LogP contribution in [0.2, 0.25) is 0 Å². The molecule has 0 saturated heterocycles. The first-order valence-corrected chi connectivity index (χ1v) is 8.68. The zero-order chi connectivity index (χ0) is 20.3. The number of sulfonamides is 1. The van der Waals surface area contributed by atoms with Crippen LogP contribution in [0.5, 0.6) is 5.88 Å². The Bertz CT molecular complexity index is 897. The molecule has 0 aliphatic heterocycles. The number of nitrogens with one attached hydrogen (secondary N) is 1. The van der Waals surface area contributed by atoms with Crippen LogP contribution in [0.3, 0.4) is 0 Å². The normalized spacial score (nSPS) is 12.8. The highest BCUT2D eigenvalue weighted by atomic mass is 32.2. The van der Waals surface area contributed by atoms with E-state index in [0.717, 1.165) is 24.4 Å². The first-order valence-electron chi connectivity index (χ1n) is 7.19. The van der Waals surface area contributed by atoms with Crippen molar-refractivity contribution in [3.63, 3.8) is 0 Å². The van der Waals surface area contributed by atoms with E-state index < -0.39 is 51.9 Å². The Morgan fingerprint density at radius 3 is 2.30 bits per heavy atom. The van der Waals surface area contributed by atoms with Crippen LogP contribution in [0.1, 0.15) is 11.1 Å². The Morgan fingerprint density at radius 1 is 1.00 bits per heavy atom. The predicted molar refractivity (Wildman–Crippen MR) is 81.3 cm³/mol. The van der Waals surface area contributed by atoms with Crippen LogP contribution in [0.4, 0.5) is 26.3 Å². The van der Waals surface area contributed by atoms with E-state index in [2.05, 4.69) is 9.72 Å². The lowest BCUT2D eigenvalue weighted by Crippen LogP contribution is -2.27. The fourth-order valence-electron chi connectivity index (χ4n) is 2.02. The Morgan fingerprint density at radius 2 is 1.67 bits per heavy atom. The number of hydrogen-bond acceptors (Lipinski definition) is 4. The van der Waals surface area contributed by atoms with Crippen molar-refractivity contribution in [1.29, 1.82) is 0 Å². The highest BCUT2D eigenvalue weighted by Crippen LogP contribution is 2.34. The number of aromatic nitrogens is 1. The van der Waals surface area contributed by atoms with Crippen LogP contribution in [0.15, 0.2) is 47.5 Å². The van der Waals surface area contributed by atoms with Gasteiger partial charge in [-0.05, 0) is 18.2 Å². The number of hydrogen-bond donors (Lipinski definition) is 1. The molecule has 0 aliphatic rings. The summed E-state index contributed by atoms with van der Waals surface area (Å²) < 4.78 is 107. The van der Waals surface area contributed by atoms with Crippen molar-refractivity contribution in [2.24, 2.45) is 0 Å². The fraction of sp³-hybridized carbons (Fsp3) is 0.267. The number of nitrogens with zero attached hydrogens (tertiary/aromatic N) is 1. The van der Waals surface area contributed by atoms with Crippen LogP contribution in [0, 0.1) is 0 Å². The van der Waals surface area contributed by atoms with Crippen LogP contribution in [0.25, 0.3) is 0 Å². The average Bonchev–Trinajstić information content (AvgIpc) is 2.57. The van der Waals surface area contributed by atoms with Gasteiger partial charge in [-0.25, -0.2) is 18.1 Å². The maximum Gasteiger partial charge on any atom is 0.422 e. The molecule has 1 heterocycles. The van der Waals surface area contributed by atoms with E-state index >= 15 is 0 Å². The molecule has 0 atom stereocenters. The van der Waals surface area contributed by atoms with E-state index in [0.29, 0.717) is 6.07 Å². The van der Waals surface area contributed by atoms with Crippen molar-refractivity contribution in [2.45, 2.75) is 23.8 Å². The topological polar surface area (TPSA) is 68.3 Å². The summed E-state index contributed by atoms with van der Waals surface area (Å²) in [5.74, 6) is -0.485. The molecule has 1 aromatic heterocycles. The molecule has 5 nitrogen and oxygen atoms in total. The average molecular weight is 414 g/mol. The molecular weight excluding hydrogens is 402 g/mol. The Kier molecular flexibility index (Phi) is 6.00. The third-order valence-electron chi connectivity index (χ3n) is 3.16. The van der Waals surface area contributed by atoms with Crippen molar-refractivity contribution in [3.8, 4) is 5.88 Å². The van der Waals surface area contributed by atoms with E-state index in [9.17, 15) is 34.8 Å². The maximum absolute atomic E-state index is 13.0. The first-order chi connectivity index (χ1) is 12.4. The number of pyridine rings is 1. The molecule has 1 N–H and O–H groups in total. The monoisotopic (exact) mass is 414 g/mol. The van der Waals surface area contributed by atoms with Crippen LogP contribution >= 0.6 is 0 Å². The molecule has 0 spiro atoms. The standard InChI is InChI=1S/C15H12F6N2O3S/c16-14(17,18)9-26-13-10(4-3-7-22-13)8-23-27(24,25)12-6-2-1-5-11(12)15(19,20)21/h1-7,23H,8-9H2. The van der Waals surface area contributed by atoms with Crippen molar-refractivity contribution in [3.05, 3.63) is 53.7 Å². The largest absolute Gasteiger partial charge is 0.468 e. The summed E-state index contributed by atoms with van der Waals surface area (Å²) in [6.45, 7) is -2.27. The SMILES string of the molecule is O=S(=O)(NCc1cccnc1OCC(F)(F)F)c1ccccc1C(F)(F)F. The Balaban J connectivity index is 2.23. The quantitative estimate of drug-likeness (QED) is 0.735. The number of ether oxygens (including phenoxy) is 1. The molecule has 148 valence electrons. The van der Waals surface area contributed by atoms with Gasteiger partial charge < -0.3 is 4.74 Å². The summed E-state index contributed by atoms with van der Waals surface area (Å²) in [6.07, 6.45) is -8.41. The third kappa shape index (κ3) is 5.82. The van der Waals surface area contributed by atoms with Gasteiger partial charge in [0.1, 0.15) is 0 Å². The zero-order valence-electron chi connectivity index (χ0n) is 13.3. The maximum atomic E-state index is 13.0. The minimum Gasteiger partial charge on any atom is -0.468 e.